The van der Waals surface area contributed by atoms with Crippen LogP contribution in [-0.2, 0) is 0 Å². The summed E-state index contributed by atoms with van der Waals surface area (Å²) in [5.74, 6) is 0.465. The number of nitrogens with one attached hydrogen (secondary N) is 1. The van der Waals surface area contributed by atoms with Gasteiger partial charge >= 0.3 is 6.18 Å². The summed E-state index contributed by atoms with van der Waals surface area (Å²) in [5.41, 5.74) is 1.10. The van der Waals surface area contributed by atoms with Gasteiger partial charge in [-0.3, -0.25) is 4.90 Å². The average Bonchev–Trinajstić information content (AvgIpc) is 2.47. The summed E-state index contributed by atoms with van der Waals surface area (Å²) in [6.07, 6.45) is -4.33. The first kappa shape index (κ1) is 23.3. The summed E-state index contributed by atoms with van der Waals surface area (Å²) in [4.78, 5) is 1.48. The van der Waals surface area contributed by atoms with Gasteiger partial charge in [0.1, 0.15) is 11.8 Å². The molecule has 1 N–H and O–H groups in total. The fourth-order valence-electron chi connectivity index (χ4n) is 2.85. The number of methoxy groups -OCH3 is 1. The highest BCUT2D eigenvalue weighted by Crippen LogP contribution is 2.42. The van der Waals surface area contributed by atoms with Crippen LogP contribution in [0.5, 0.6) is 5.75 Å². The Morgan fingerprint density at radius 3 is 2.17 bits per heavy atom. The molecule has 0 aliphatic carbocycles. The molecule has 1 heterocycles. The van der Waals surface area contributed by atoms with Crippen LogP contribution in [0.1, 0.15) is 36.9 Å². The summed E-state index contributed by atoms with van der Waals surface area (Å²) in [5, 5.41) is 3.09. The molecule has 0 amide bonds. The summed E-state index contributed by atoms with van der Waals surface area (Å²) in [6, 6.07) is 3.50. The Kier molecular flexibility index (Phi) is 9.43. The fourth-order valence-corrected chi connectivity index (χ4v) is 2.85. The largest absolute Gasteiger partial charge is 0.496 e. The van der Waals surface area contributed by atoms with Crippen molar-refractivity contribution in [2.45, 2.75) is 32.0 Å². The van der Waals surface area contributed by atoms with Crippen molar-refractivity contribution in [3.05, 3.63) is 29.3 Å². The minimum atomic E-state index is -4.33. The van der Waals surface area contributed by atoms with Crippen molar-refractivity contribution >= 4 is 24.8 Å². The molecule has 1 saturated heterocycles. The first-order valence-corrected chi connectivity index (χ1v) is 7.54. The van der Waals surface area contributed by atoms with Gasteiger partial charge in [0, 0.05) is 31.7 Å². The predicted molar refractivity (Wildman–Crippen MR) is 94.8 cm³/mol. The summed E-state index contributed by atoms with van der Waals surface area (Å²) in [6.45, 7) is 5.83. The van der Waals surface area contributed by atoms with E-state index in [2.05, 4.69) is 5.32 Å². The normalized spacial score (nSPS) is 17.0. The Balaban J connectivity index is 0.00000264. The molecule has 0 saturated carbocycles. The highest BCUT2D eigenvalue weighted by atomic mass is 35.5. The lowest BCUT2D eigenvalue weighted by Gasteiger charge is -2.37. The maximum absolute atomic E-state index is 13.7. The van der Waals surface area contributed by atoms with Crippen LogP contribution in [0.2, 0.25) is 0 Å². The molecule has 1 aliphatic heterocycles. The van der Waals surface area contributed by atoms with E-state index in [4.69, 9.17) is 4.74 Å². The maximum Gasteiger partial charge on any atom is 0.408 e. The van der Waals surface area contributed by atoms with Crippen molar-refractivity contribution in [3.8, 4) is 5.75 Å². The summed E-state index contributed by atoms with van der Waals surface area (Å²) < 4.78 is 46.4. The lowest BCUT2D eigenvalue weighted by Crippen LogP contribution is -2.49. The highest BCUT2D eigenvalue weighted by Gasteiger charge is 2.46. The number of alkyl halides is 3. The van der Waals surface area contributed by atoms with E-state index in [1.807, 2.05) is 19.9 Å². The second-order valence-corrected chi connectivity index (χ2v) is 5.89. The molecule has 3 nitrogen and oxygen atoms in total. The first-order valence-electron chi connectivity index (χ1n) is 7.54. The van der Waals surface area contributed by atoms with Crippen LogP contribution in [0.3, 0.4) is 0 Å². The predicted octanol–water partition coefficient (Wildman–Crippen LogP) is 4.17. The topological polar surface area (TPSA) is 24.5 Å². The highest BCUT2D eigenvalue weighted by molar-refractivity contribution is 5.85. The molecule has 1 atom stereocenters. The zero-order valence-electron chi connectivity index (χ0n) is 14.0. The molecular weight excluding hydrogens is 364 g/mol. The third kappa shape index (κ3) is 5.41. The monoisotopic (exact) mass is 388 g/mol. The maximum atomic E-state index is 13.7. The van der Waals surface area contributed by atoms with E-state index in [1.54, 1.807) is 12.1 Å². The van der Waals surface area contributed by atoms with Crippen LogP contribution in [0.4, 0.5) is 13.2 Å². The van der Waals surface area contributed by atoms with Gasteiger partial charge in [0.2, 0.25) is 0 Å². The molecular formula is C16H25Cl2F3N2O. The van der Waals surface area contributed by atoms with E-state index >= 15 is 0 Å². The van der Waals surface area contributed by atoms with Gasteiger partial charge in [-0.15, -0.1) is 24.8 Å². The van der Waals surface area contributed by atoms with Gasteiger partial charge in [0.25, 0.3) is 0 Å². The first-order chi connectivity index (χ1) is 10.3. The average molecular weight is 389 g/mol. The van der Waals surface area contributed by atoms with Gasteiger partial charge in [-0.25, -0.2) is 0 Å². The molecule has 1 aromatic carbocycles. The standard InChI is InChI=1S/C16H23F3N2O.2ClH/c1-11(2)12-4-5-14(22-3)13(10-12)15(16(17,18)19)21-8-6-20-7-9-21;;/h4-5,10-11,15,20H,6-9H2,1-3H3;2*1H/t15-;;/m0../s1. The van der Waals surface area contributed by atoms with E-state index in [0.717, 1.165) is 5.56 Å². The number of nitrogens with zero attached hydrogens (tertiary/aromatic N) is 1. The SMILES string of the molecule is COc1ccc(C(C)C)cc1[C@H](N1CCNCC1)C(F)(F)F.Cl.Cl. The van der Waals surface area contributed by atoms with E-state index in [9.17, 15) is 13.2 Å². The Morgan fingerprint density at radius 1 is 1.12 bits per heavy atom. The molecule has 0 unspecified atom stereocenters. The Morgan fingerprint density at radius 2 is 1.71 bits per heavy atom. The zero-order chi connectivity index (χ0) is 16.3. The van der Waals surface area contributed by atoms with Gasteiger partial charge < -0.3 is 10.1 Å². The van der Waals surface area contributed by atoms with Crippen LogP contribution in [0.15, 0.2) is 18.2 Å². The van der Waals surface area contributed by atoms with Gasteiger partial charge in [0.15, 0.2) is 0 Å². The molecule has 1 aliphatic rings. The van der Waals surface area contributed by atoms with Gasteiger partial charge in [0.05, 0.1) is 7.11 Å². The van der Waals surface area contributed by atoms with Crippen molar-refractivity contribution < 1.29 is 17.9 Å². The molecule has 2 rings (SSSR count). The minimum Gasteiger partial charge on any atom is -0.496 e. The number of ether oxygens (including phenoxy) is 1. The van der Waals surface area contributed by atoms with Crippen LogP contribution in [0, 0.1) is 0 Å². The van der Waals surface area contributed by atoms with Crippen LogP contribution < -0.4 is 10.1 Å². The Bertz CT molecular complexity index is 507. The quantitative estimate of drug-likeness (QED) is 0.837. The molecule has 8 heteroatoms. The molecule has 0 aromatic heterocycles. The van der Waals surface area contributed by atoms with Crippen LogP contribution in [0.25, 0.3) is 0 Å². The van der Waals surface area contributed by atoms with Crippen molar-refractivity contribution in [2.75, 3.05) is 33.3 Å². The van der Waals surface area contributed by atoms with Crippen LogP contribution in [-0.4, -0.2) is 44.4 Å². The Hall–Kier alpha value is -0.690. The van der Waals surface area contributed by atoms with Crippen LogP contribution >= 0.6 is 24.8 Å². The molecule has 140 valence electrons. The Labute approximate surface area is 153 Å². The van der Waals surface area contributed by atoms with Crippen molar-refractivity contribution in [1.82, 2.24) is 10.2 Å². The third-order valence-corrected chi connectivity index (χ3v) is 4.04. The van der Waals surface area contributed by atoms with Crippen molar-refractivity contribution in [1.29, 1.82) is 0 Å². The van der Waals surface area contributed by atoms with E-state index in [1.165, 1.54) is 12.0 Å². The number of halogens is 5. The van der Waals surface area contributed by atoms with Gasteiger partial charge in [-0.1, -0.05) is 19.9 Å². The van der Waals surface area contributed by atoms with E-state index < -0.39 is 12.2 Å². The molecule has 1 aromatic rings. The van der Waals surface area contributed by atoms with Gasteiger partial charge in [-0.05, 0) is 23.6 Å². The van der Waals surface area contributed by atoms with E-state index in [-0.39, 0.29) is 36.3 Å². The number of piperazine rings is 1. The van der Waals surface area contributed by atoms with Crippen molar-refractivity contribution in [3.63, 3.8) is 0 Å². The lowest BCUT2D eigenvalue weighted by atomic mass is 9.95. The molecule has 24 heavy (non-hydrogen) atoms. The molecule has 0 bridgehead atoms. The summed E-state index contributed by atoms with van der Waals surface area (Å²) in [7, 11) is 1.42. The fraction of sp³-hybridized carbons (Fsp3) is 0.625. The van der Waals surface area contributed by atoms with Crippen molar-refractivity contribution in [2.24, 2.45) is 0 Å². The number of rotatable bonds is 4. The van der Waals surface area contributed by atoms with E-state index in [0.29, 0.717) is 31.9 Å². The molecule has 0 radical (unpaired) electrons. The second-order valence-electron chi connectivity index (χ2n) is 5.89. The minimum absolute atomic E-state index is 0. The zero-order valence-corrected chi connectivity index (χ0v) is 15.7. The lowest BCUT2D eigenvalue weighted by molar-refractivity contribution is -0.188. The number of hydrogen-bond donors (Lipinski definition) is 1. The molecule has 1 fully saturated rings. The number of benzene rings is 1. The molecule has 0 spiro atoms. The number of hydrogen-bond acceptors (Lipinski definition) is 3. The third-order valence-electron chi connectivity index (χ3n) is 4.04. The summed E-state index contributed by atoms with van der Waals surface area (Å²) >= 11 is 0. The van der Waals surface area contributed by atoms with Gasteiger partial charge in [-0.2, -0.15) is 13.2 Å². The smallest absolute Gasteiger partial charge is 0.408 e. The second kappa shape index (κ2) is 9.70.